The van der Waals surface area contributed by atoms with Crippen molar-refractivity contribution in [3.63, 3.8) is 0 Å². The number of imidazole rings is 1. The molecule has 0 saturated carbocycles. The predicted octanol–water partition coefficient (Wildman–Crippen LogP) is 1.03. The maximum Gasteiger partial charge on any atom is 0.184 e. The van der Waals surface area contributed by atoms with Crippen molar-refractivity contribution in [1.29, 1.82) is 0 Å². The second-order valence-corrected chi connectivity index (χ2v) is 3.86. The van der Waals surface area contributed by atoms with Crippen LogP contribution in [0, 0.1) is 0 Å². The fourth-order valence-electron chi connectivity index (χ4n) is 1.08. The molecule has 2 aromatic heterocycles. The van der Waals surface area contributed by atoms with Crippen LogP contribution in [-0.4, -0.2) is 21.1 Å². The summed E-state index contributed by atoms with van der Waals surface area (Å²) in [6.45, 7) is 1.70. The van der Waals surface area contributed by atoms with Crippen molar-refractivity contribution in [2.75, 3.05) is 17.6 Å². The number of nitrogens with zero attached hydrogens (tertiary/aromatic N) is 3. The minimum absolute atomic E-state index is 0.732. The van der Waals surface area contributed by atoms with Crippen molar-refractivity contribution >= 4 is 21.5 Å². The highest BCUT2D eigenvalue weighted by molar-refractivity contribution is 7.19. The number of hydrogen-bond donors (Lipinski definition) is 2. The number of rotatable bonds is 4. The van der Waals surface area contributed by atoms with Gasteiger partial charge in [0.15, 0.2) is 5.13 Å². The molecule has 2 aromatic rings. The maximum atomic E-state index is 5.55. The van der Waals surface area contributed by atoms with Gasteiger partial charge in [-0.05, 0) is 0 Å². The molecule has 0 atom stereocenters. The van der Waals surface area contributed by atoms with Crippen LogP contribution in [0.4, 0.5) is 10.1 Å². The van der Waals surface area contributed by atoms with Gasteiger partial charge in [-0.25, -0.2) is 9.97 Å². The zero-order valence-electron chi connectivity index (χ0n) is 7.55. The van der Waals surface area contributed by atoms with Gasteiger partial charge in [0.25, 0.3) is 0 Å². The third-order valence-electron chi connectivity index (χ3n) is 1.73. The first-order valence-electron chi connectivity index (χ1n) is 4.25. The molecular weight excluding hydrogens is 198 g/mol. The van der Waals surface area contributed by atoms with E-state index in [4.69, 9.17) is 5.73 Å². The fourth-order valence-corrected chi connectivity index (χ4v) is 1.69. The summed E-state index contributed by atoms with van der Waals surface area (Å²) in [4.78, 5) is 8.05. The number of nitrogens with two attached hydrogens (primary N) is 1. The molecule has 0 aliphatic rings. The fraction of sp³-hybridized carbons (Fsp3) is 0.250. The molecule has 0 amide bonds. The molecule has 5 nitrogen and oxygen atoms in total. The molecule has 0 aliphatic heterocycles. The Kier molecular flexibility index (Phi) is 2.64. The smallest absolute Gasteiger partial charge is 0.184 e. The minimum atomic E-state index is 0.732. The maximum absolute atomic E-state index is 5.55. The van der Waals surface area contributed by atoms with Gasteiger partial charge in [-0.2, -0.15) is 0 Å². The Morgan fingerprint density at radius 2 is 2.50 bits per heavy atom. The average Bonchev–Trinajstić information content (AvgIpc) is 2.77. The summed E-state index contributed by atoms with van der Waals surface area (Å²) < 4.78 is 2.00. The van der Waals surface area contributed by atoms with Crippen LogP contribution >= 0.6 is 11.3 Å². The topological polar surface area (TPSA) is 68.8 Å². The molecule has 2 heterocycles. The van der Waals surface area contributed by atoms with Gasteiger partial charge in [0.2, 0.25) is 0 Å². The van der Waals surface area contributed by atoms with Gasteiger partial charge in [-0.15, -0.1) is 0 Å². The summed E-state index contributed by atoms with van der Waals surface area (Å²) in [6, 6.07) is 0. The van der Waals surface area contributed by atoms with Gasteiger partial charge in [0.1, 0.15) is 5.00 Å². The van der Waals surface area contributed by atoms with Gasteiger partial charge < -0.3 is 15.6 Å². The highest BCUT2D eigenvalue weighted by atomic mass is 32.1. The quantitative estimate of drug-likeness (QED) is 0.789. The van der Waals surface area contributed by atoms with Crippen molar-refractivity contribution < 1.29 is 0 Å². The van der Waals surface area contributed by atoms with Crippen LogP contribution in [0.3, 0.4) is 0 Å². The first-order valence-corrected chi connectivity index (χ1v) is 5.07. The first kappa shape index (κ1) is 9.01. The van der Waals surface area contributed by atoms with E-state index in [1.807, 2.05) is 10.8 Å². The van der Waals surface area contributed by atoms with Crippen LogP contribution in [0.15, 0.2) is 24.9 Å². The number of thiazole rings is 1. The van der Waals surface area contributed by atoms with Crippen molar-refractivity contribution in [2.24, 2.45) is 0 Å². The predicted molar refractivity (Wildman–Crippen MR) is 57.2 cm³/mol. The highest BCUT2D eigenvalue weighted by Gasteiger charge is 1.96. The van der Waals surface area contributed by atoms with E-state index in [0.29, 0.717) is 0 Å². The van der Waals surface area contributed by atoms with E-state index in [1.165, 1.54) is 11.3 Å². The lowest BCUT2D eigenvalue weighted by Gasteiger charge is -2.02. The van der Waals surface area contributed by atoms with E-state index in [0.717, 1.165) is 23.2 Å². The zero-order chi connectivity index (χ0) is 9.80. The lowest BCUT2D eigenvalue weighted by molar-refractivity contribution is 0.726. The van der Waals surface area contributed by atoms with E-state index >= 15 is 0 Å². The highest BCUT2D eigenvalue weighted by Crippen LogP contribution is 2.18. The standard InChI is InChI=1S/C8H11N5S/c9-7-5-12-8(14-7)11-2-4-13-3-1-10-6-13/h1,3,5-6H,2,4,9H2,(H,11,12). The average molecular weight is 209 g/mol. The van der Waals surface area contributed by atoms with Gasteiger partial charge >= 0.3 is 0 Å². The molecule has 2 rings (SSSR count). The Bertz CT molecular complexity index is 380. The second-order valence-electron chi connectivity index (χ2n) is 2.80. The summed E-state index contributed by atoms with van der Waals surface area (Å²) in [5.41, 5.74) is 5.55. The summed E-state index contributed by atoms with van der Waals surface area (Å²) >= 11 is 1.46. The molecule has 74 valence electrons. The molecule has 0 aromatic carbocycles. The number of nitrogens with one attached hydrogen (secondary N) is 1. The summed E-state index contributed by atoms with van der Waals surface area (Å²) in [5, 5.41) is 4.78. The third kappa shape index (κ3) is 2.23. The lowest BCUT2D eigenvalue weighted by atomic mass is 10.6. The Labute approximate surface area is 85.6 Å². The monoisotopic (exact) mass is 209 g/mol. The molecule has 0 spiro atoms. The summed E-state index contributed by atoms with van der Waals surface area (Å²) in [6.07, 6.45) is 7.14. The molecule has 0 radical (unpaired) electrons. The summed E-state index contributed by atoms with van der Waals surface area (Å²) in [5.74, 6) is 0. The Balaban J connectivity index is 1.78. The van der Waals surface area contributed by atoms with Crippen LogP contribution < -0.4 is 11.1 Å². The second kappa shape index (κ2) is 4.10. The molecule has 3 N–H and O–H groups in total. The van der Waals surface area contributed by atoms with E-state index in [2.05, 4.69) is 15.3 Å². The minimum Gasteiger partial charge on any atom is -0.389 e. The lowest BCUT2D eigenvalue weighted by Crippen LogP contribution is -2.08. The van der Waals surface area contributed by atoms with Gasteiger partial charge in [0, 0.05) is 25.5 Å². The first-order chi connectivity index (χ1) is 6.84. The Morgan fingerprint density at radius 1 is 1.57 bits per heavy atom. The van der Waals surface area contributed by atoms with E-state index in [9.17, 15) is 0 Å². The van der Waals surface area contributed by atoms with Gasteiger partial charge in [-0.3, -0.25) is 0 Å². The molecule has 0 saturated heterocycles. The normalized spacial score (nSPS) is 10.3. The van der Waals surface area contributed by atoms with E-state index in [1.54, 1.807) is 18.7 Å². The van der Waals surface area contributed by atoms with Gasteiger partial charge in [0.05, 0.1) is 12.5 Å². The number of aromatic nitrogens is 3. The molecular formula is C8H11N5S. The van der Waals surface area contributed by atoms with Crippen molar-refractivity contribution in [3.8, 4) is 0 Å². The van der Waals surface area contributed by atoms with Crippen LogP contribution in [0.25, 0.3) is 0 Å². The zero-order valence-corrected chi connectivity index (χ0v) is 8.37. The Morgan fingerprint density at radius 3 is 3.14 bits per heavy atom. The molecule has 14 heavy (non-hydrogen) atoms. The van der Waals surface area contributed by atoms with Crippen LogP contribution in [0.5, 0.6) is 0 Å². The number of hydrogen-bond acceptors (Lipinski definition) is 5. The van der Waals surface area contributed by atoms with E-state index < -0.39 is 0 Å². The Hall–Kier alpha value is -1.56. The number of anilines is 2. The SMILES string of the molecule is Nc1cnc(NCCn2ccnc2)s1. The third-order valence-corrected chi connectivity index (χ3v) is 2.51. The largest absolute Gasteiger partial charge is 0.389 e. The van der Waals surface area contributed by atoms with Gasteiger partial charge in [-0.1, -0.05) is 11.3 Å². The summed E-state index contributed by atoms with van der Waals surface area (Å²) in [7, 11) is 0. The van der Waals surface area contributed by atoms with E-state index in [-0.39, 0.29) is 0 Å². The molecule has 0 fully saturated rings. The van der Waals surface area contributed by atoms with Crippen LogP contribution in [-0.2, 0) is 6.54 Å². The number of nitrogen functional groups attached to an aromatic ring is 1. The molecule has 0 unspecified atom stereocenters. The van der Waals surface area contributed by atoms with Crippen molar-refractivity contribution in [3.05, 3.63) is 24.9 Å². The van der Waals surface area contributed by atoms with Crippen LogP contribution in [0.1, 0.15) is 0 Å². The molecule has 6 heteroatoms. The van der Waals surface area contributed by atoms with Crippen molar-refractivity contribution in [2.45, 2.75) is 6.54 Å². The molecule has 0 aliphatic carbocycles. The van der Waals surface area contributed by atoms with Crippen molar-refractivity contribution in [1.82, 2.24) is 14.5 Å². The molecule has 0 bridgehead atoms. The van der Waals surface area contributed by atoms with Crippen LogP contribution in [0.2, 0.25) is 0 Å².